The molecule has 6 nitrogen and oxygen atoms in total. The maximum Gasteiger partial charge on any atom is 0.343 e. The smallest absolute Gasteiger partial charge is 0.343 e. The van der Waals surface area contributed by atoms with Crippen molar-refractivity contribution in [2.24, 2.45) is 5.41 Å². The second kappa shape index (κ2) is 6.69. The normalized spacial score (nSPS) is 11.2. The molecule has 7 heteroatoms. The van der Waals surface area contributed by atoms with E-state index in [0.29, 0.717) is 5.16 Å². The number of rotatable bonds is 5. The molecule has 110 valence electrons. The number of hydrogen-bond acceptors (Lipinski definition) is 7. The number of carbonyl (C=O) groups is 2. The van der Waals surface area contributed by atoms with Gasteiger partial charge in [-0.05, 0) is 6.92 Å². The fourth-order valence-electron chi connectivity index (χ4n) is 1.16. The van der Waals surface area contributed by atoms with Gasteiger partial charge in [0.15, 0.2) is 5.16 Å². The maximum atomic E-state index is 11.8. The van der Waals surface area contributed by atoms with E-state index in [2.05, 4.69) is 9.97 Å². The Morgan fingerprint density at radius 1 is 1.40 bits per heavy atom. The molecule has 0 aliphatic rings. The van der Waals surface area contributed by atoms with E-state index in [4.69, 9.17) is 10.5 Å². The van der Waals surface area contributed by atoms with Crippen molar-refractivity contribution in [1.82, 2.24) is 9.97 Å². The molecule has 0 saturated carbocycles. The molecule has 1 rings (SSSR count). The van der Waals surface area contributed by atoms with Crippen LogP contribution < -0.4 is 5.73 Å². The third-order valence-corrected chi connectivity index (χ3v) is 3.32. The van der Waals surface area contributed by atoms with Gasteiger partial charge in [0.2, 0.25) is 0 Å². The van der Waals surface area contributed by atoms with Crippen molar-refractivity contribution in [3.8, 4) is 0 Å². The van der Waals surface area contributed by atoms with E-state index in [-0.39, 0.29) is 29.5 Å². The summed E-state index contributed by atoms with van der Waals surface area (Å²) in [7, 11) is 0. The summed E-state index contributed by atoms with van der Waals surface area (Å²) in [6, 6.07) is 0. The molecule has 0 aliphatic heterocycles. The van der Waals surface area contributed by atoms with Crippen LogP contribution in [-0.4, -0.2) is 34.1 Å². The van der Waals surface area contributed by atoms with E-state index < -0.39 is 11.4 Å². The van der Waals surface area contributed by atoms with Crippen molar-refractivity contribution in [3.05, 3.63) is 11.8 Å². The predicted molar refractivity (Wildman–Crippen MR) is 77.6 cm³/mol. The van der Waals surface area contributed by atoms with Crippen LogP contribution in [0, 0.1) is 5.41 Å². The highest BCUT2D eigenvalue weighted by atomic mass is 32.2. The summed E-state index contributed by atoms with van der Waals surface area (Å²) < 4.78 is 4.83. The molecule has 0 aromatic carbocycles. The van der Waals surface area contributed by atoms with E-state index in [1.807, 2.05) is 20.8 Å². The predicted octanol–water partition coefficient (Wildman–Crippen LogP) is 1.94. The lowest BCUT2D eigenvalue weighted by atomic mass is 9.92. The Morgan fingerprint density at radius 2 is 2.05 bits per heavy atom. The second-order valence-corrected chi connectivity index (χ2v) is 6.08. The second-order valence-electron chi connectivity index (χ2n) is 5.13. The molecular formula is C13H19N3O3S. The van der Waals surface area contributed by atoms with Gasteiger partial charge in [0, 0.05) is 11.6 Å². The quantitative estimate of drug-likeness (QED) is 0.504. The third kappa shape index (κ3) is 4.48. The zero-order chi connectivity index (χ0) is 15.3. The van der Waals surface area contributed by atoms with E-state index in [9.17, 15) is 9.59 Å². The van der Waals surface area contributed by atoms with Gasteiger partial charge in [-0.1, -0.05) is 32.5 Å². The summed E-state index contributed by atoms with van der Waals surface area (Å²) >= 11 is 1.20. The van der Waals surface area contributed by atoms with E-state index in [0.717, 1.165) is 0 Å². The molecule has 0 unspecified atom stereocenters. The van der Waals surface area contributed by atoms with Gasteiger partial charge in [-0.15, -0.1) is 0 Å². The first-order valence-corrected chi connectivity index (χ1v) is 7.20. The summed E-state index contributed by atoms with van der Waals surface area (Å²) in [4.78, 5) is 31.4. The number of nitrogen functional groups attached to an aromatic ring is 1. The molecule has 0 bridgehead atoms. The molecule has 0 saturated heterocycles. The van der Waals surface area contributed by atoms with Crippen molar-refractivity contribution in [3.63, 3.8) is 0 Å². The number of thioether (sulfide) groups is 1. The molecule has 0 amide bonds. The van der Waals surface area contributed by atoms with Crippen LogP contribution in [0.2, 0.25) is 0 Å². The number of esters is 1. The summed E-state index contributed by atoms with van der Waals surface area (Å²) in [5, 5.41) is 0.369. The lowest BCUT2D eigenvalue weighted by Gasteiger charge is -2.15. The minimum absolute atomic E-state index is 0.0594. The van der Waals surface area contributed by atoms with Crippen LogP contribution in [0.25, 0.3) is 0 Å². The molecule has 0 fully saturated rings. The van der Waals surface area contributed by atoms with Crippen molar-refractivity contribution in [2.75, 3.05) is 18.1 Å². The van der Waals surface area contributed by atoms with Gasteiger partial charge < -0.3 is 10.5 Å². The number of anilines is 1. The number of aromatic nitrogens is 2. The number of Topliss-reactive ketones (excluding diaryl/α,β-unsaturated/α-hetero) is 1. The number of nitrogens with two attached hydrogens (primary N) is 1. The van der Waals surface area contributed by atoms with E-state index >= 15 is 0 Å². The van der Waals surface area contributed by atoms with Crippen LogP contribution in [0.4, 0.5) is 5.82 Å². The summed E-state index contributed by atoms with van der Waals surface area (Å²) in [6.07, 6.45) is 1.32. The lowest BCUT2D eigenvalue weighted by Crippen LogP contribution is -2.22. The van der Waals surface area contributed by atoms with Crippen molar-refractivity contribution < 1.29 is 14.3 Å². The molecule has 0 spiro atoms. The Kier molecular flexibility index (Phi) is 5.50. The minimum atomic E-state index is -0.549. The van der Waals surface area contributed by atoms with E-state index in [1.54, 1.807) is 6.92 Å². The van der Waals surface area contributed by atoms with Gasteiger partial charge in [0.1, 0.15) is 17.2 Å². The third-order valence-electron chi connectivity index (χ3n) is 2.46. The number of nitrogens with zero attached hydrogens (tertiary/aromatic N) is 2. The van der Waals surface area contributed by atoms with Crippen LogP contribution in [0.5, 0.6) is 0 Å². The molecular weight excluding hydrogens is 278 g/mol. The summed E-state index contributed by atoms with van der Waals surface area (Å²) in [6.45, 7) is 7.53. The standard InChI is InChI=1S/C13H19N3O3S/c1-5-19-11(18)8-6-15-12(16-10(8)14)20-7-9(17)13(2,3)4/h6H,5,7H2,1-4H3,(H2,14,15,16). The van der Waals surface area contributed by atoms with Gasteiger partial charge in [-0.3, -0.25) is 4.79 Å². The monoisotopic (exact) mass is 297 g/mol. The van der Waals surface area contributed by atoms with Crippen LogP contribution in [0.15, 0.2) is 11.4 Å². The Labute approximate surface area is 122 Å². The minimum Gasteiger partial charge on any atom is -0.462 e. The highest BCUT2D eigenvalue weighted by Gasteiger charge is 2.22. The van der Waals surface area contributed by atoms with Crippen molar-refractivity contribution >= 4 is 29.3 Å². The Morgan fingerprint density at radius 3 is 2.55 bits per heavy atom. The molecule has 20 heavy (non-hydrogen) atoms. The van der Waals surface area contributed by atoms with Gasteiger partial charge >= 0.3 is 5.97 Å². The van der Waals surface area contributed by atoms with Crippen LogP contribution in [0.1, 0.15) is 38.1 Å². The fourth-order valence-corrected chi connectivity index (χ4v) is 2.14. The Bertz CT molecular complexity index is 512. The first-order chi connectivity index (χ1) is 9.25. The molecule has 1 heterocycles. The summed E-state index contributed by atoms with van der Waals surface area (Å²) in [5.41, 5.74) is 5.43. The SMILES string of the molecule is CCOC(=O)c1cnc(SCC(=O)C(C)(C)C)nc1N. The molecule has 0 atom stereocenters. The number of ketones is 1. The van der Waals surface area contributed by atoms with Crippen molar-refractivity contribution in [2.45, 2.75) is 32.9 Å². The zero-order valence-electron chi connectivity index (χ0n) is 12.1. The van der Waals surface area contributed by atoms with Crippen LogP contribution in [0.3, 0.4) is 0 Å². The number of hydrogen-bond donors (Lipinski definition) is 1. The van der Waals surface area contributed by atoms with Gasteiger partial charge in [-0.2, -0.15) is 0 Å². The molecule has 2 N–H and O–H groups in total. The number of carbonyl (C=O) groups excluding carboxylic acids is 2. The van der Waals surface area contributed by atoms with Crippen molar-refractivity contribution in [1.29, 1.82) is 0 Å². The average molecular weight is 297 g/mol. The first-order valence-electron chi connectivity index (χ1n) is 6.21. The fraction of sp³-hybridized carbons (Fsp3) is 0.538. The molecule has 0 radical (unpaired) electrons. The topological polar surface area (TPSA) is 95.2 Å². The zero-order valence-corrected chi connectivity index (χ0v) is 12.9. The highest BCUT2D eigenvalue weighted by molar-refractivity contribution is 7.99. The molecule has 1 aromatic heterocycles. The largest absolute Gasteiger partial charge is 0.462 e. The Hall–Kier alpha value is -1.63. The van der Waals surface area contributed by atoms with E-state index in [1.165, 1.54) is 18.0 Å². The van der Waals surface area contributed by atoms with Crippen LogP contribution in [-0.2, 0) is 9.53 Å². The summed E-state index contributed by atoms with van der Waals surface area (Å²) in [5.74, 6) is -0.127. The highest BCUT2D eigenvalue weighted by Crippen LogP contribution is 2.22. The molecule has 1 aromatic rings. The molecule has 0 aliphatic carbocycles. The lowest BCUT2D eigenvalue weighted by molar-refractivity contribution is -0.123. The Balaban J connectivity index is 2.73. The van der Waals surface area contributed by atoms with Gasteiger partial charge in [-0.25, -0.2) is 14.8 Å². The van der Waals surface area contributed by atoms with Crippen LogP contribution >= 0.6 is 11.8 Å². The number of ether oxygens (including phenoxy) is 1. The first kappa shape index (κ1) is 16.4. The maximum absolute atomic E-state index is 11.8. The average Bonchev–Trinajstić information content (AvgIpc) is 2.35. The van der Waals surface area contributed by atoms with Gasteiger partial charge in [0.25, 0.3) is 0 Å². The van der Waals surface area contributed by atoms with Gasteiger partial charge in [0.05, 0.1) is 12.4 Å².